The van der Waals surface area contributed by atoms with E-state index in [0.717, 1.165) is 18.9 Å². The lowest BCUT2D eigenvalue weighted by molar-refractivity contribution is 0.147. The zero-order valence-electron chi connectivity index (χ0n) is 10.7. The van der Waals surface area contributed by atoms with E-state index in [9.17, 15) is 4.79 Å². The van der Waals surface area contributed by atoms with Gasteiger partial charge in [-0.1, -0.05) is 33.5 Å². The fourth-order valence-corrected chi connectivity index (χ4v) is 1.87. The largest absolute Gasteiger partial charge is 0.450 e. The van der Waals surface area contributed by atoms with Crippen LogP contribution in [-0.4, -0.2) is 26.8 Å². The van der Waals surface area contributed by atoms with Gasteiger partial charge in [0.15, 0.2) is 0 Å². The van der Waals surface area contributed by atoms with Gasteiger partial charge in [-0.2, -0.15) is 0 Å². The molecule has 0 aromatic rings. The Hall–Kier alpha value is -0.513. The van der Waals surface area contributed by atoms with Gasteiger partial charge < -0.3 is 10.1 Å². The maximum absolute atomic E-state index is 11.3. The molecule has 0 saturated heterocycles. The van der Waals surface area contributed by atoms with Crippen LogP contribution in [-0.2, 0) is 4.74 Å². The first-order valence-corrected chi connectivity index (χ1v) is 9.53. The summed E-state index contributed by atoms with van der Waals surface area (Å²) in [6.07, 6.45) is 1.65. The van der Waals surface area contributed by atoms with E-state index in [1.807, 2.05) is 0 Å². The normalized spacial score (nSPS) is 11.6. The molecule has 0 aliphatic rings. The summed E-state index contributed by atoms with van der Waals surface area (Å²) in [5.41, 5.74) is 0. The highest BCUT2D eigenvalue weighted by Crippen LogP contribution is 2.07. The molecule has 1 amide bonds. The second-order valence-electron chi connectivity index (χ2n) is 5.10. The minimum absolute atomic E-state index is 0.254. The summed E-state index contributed by atoms with van der Waals surface area (Å²) in [5.74, 6) is 0. The van der Waals surface area contributed by atoms with Crippen LogP contribution in [0.5, 0.6) is 0 Å². The number of nitrogens with one attached hydrogen (secondary N) is 1. The Balaban J connectivity index is 3.66. The summed E-state index contributed by atoms with van der Waals surface area (Å²) in [6.45, 7) is 11.5. The summed E-state index contributed by atoms with van der Waals surface area (Å²) in [5, 5.41) is 2.86. The molecule has 0 aliphatic heterocycles. The third-order valence-electron chi connectivity index (χ3n) is 2.39. The van der Waals surface area contributed by atoms with E-state index in [1.54, 1.807) is 0 Å². The first-order chi connectivity index (χ1) is 6.89. The molecule has 0 unspecified atom stereocenters. The highest BCUT2D eigenvalue weighted by Gasteiger charge is 2.14. The van der Waals surface area contributed by atoms with Gasteiger partial charge in [0, 0.05) is 14.1 Å². The molecular weight excluding hydrogens is 206 g/mol. The fourth-order valence-electron chi connectivity index (χ4n) is 1.15. The molecule has 0 aromatic carbocycles. The van der Waals surface area contributed by atoms with Gasteiger partial charge in [-0.25, -0.2) is 4.79 Å². The Labute approximate surface area is 94.6 Å². The third kappa shape index (κ3) is 8.48. The number of carbonyl (C=O) groups excluding carboxylic acids is 1. The van der Waals surface area contributed by atoms with E-state index in [0.29, 0.717) is 6.61 Å². The van der Waals surface area contributed by atoms with Crippen molar-refractivity contribution in [2.45, 2.75) is 58.4 Å². The monoisotopic (exact) mass is 231 g/mol. The van der Waals surface area contributed by atoms with Gasteiger partial charge in [0.1, 0.15) is 0 Å². The van der Waals surface area contributed by atoms with Gasteiger partial charge in [0.2, 0.25) is 0 Å². The second kappa shape index (κ2) is 6.88. The summed E-state index contributed by atoms with van der Waals surface area (Å²) >= 11 is 0. The molecule has 0 fully saturated rings. The van der Waals surface area contributed by atoms with Gasteiger partial charge in [-0.3, -0.25) is 0 Å². The van der Waals surface area contributed by atoms with Crippen molar-refractivity contribution in [3.05, 3.63) is 0 Å². The van der Waals surface area contributed by atoms with Gasteiger partial charge >= 0.3 is 6.09 Å². The van der Waals surface area contributed by atoms with Crippen molar-refractivity contribution >= 4 is 14.2 Å². The van der Waals surface area contributed by atoms with Crippen LogP contribution in [0.1, 0.15) is 26.7 Å². The molecule has 0 aliphatic carbocycles. The van der Waals surface area contributed by atoms with E-state index in [-0.39, 0.29) is 12.1 Å². The minimum atomic E-state index is -1.09. The van der Waals surface area contributed by atoms with Crippen molar-refractivity contribution in [2.24, 2.45) is 0 Å². The average Bonchev–Trinajstić information content (AvgIpc) is 2.12. The SMILES string of the molecule is CCC(CC)NC(=O)OCC[Si](C)(C)C. The second-order valence-corrected chi connectivity index (χ2v) is 10.7. The number of alkyl carbamates (subject to hydrolysis) is 1. The van der Waals surface area contributed by atoms with Crippen LogP contribution in [0.2, 0.25) is 25.7 Å². The molecule has 0 rings (SSSR count). The van der Waals surface area contributed by atoms with E-state index >= 15 is 0 Å². The lowest BCUT2D eigenvalue weighted by Gasteiger charge is -2.17. The highest BCUT2D eigenvalue weighted by atomic mass is 28.3. The Morgan fingerprint density at radius 2 is 1.80 bits per heavy atom. The highest BCUT2D eigenvalue weighted by molar-refractivity contribution is 6.76. The number of amides is 1. The van der Waals surface area contributed by atoms with Crippen molar-refractivity contribution in [1.82, 2.24) is 5.32 Å². The maximum Gasteiger partial charge on any atom is 0.407 e. The predicted octanol–water partition coefficient (Wildman–Crippen LogP) is 3.24. The van der Waals surface area contributed by atoms with Crippen molar-refractivity contribution in [3.63, 3.8) is 0 Å². The standard InChI is InChI=1S/C11H25NO2Si/c1-6-10(7-2)12-11(13)14-8-9-15(3,4)5/h10H,6-9H2,1-5H3,(H,12,13). The Bertz CT molecular complexity index is 186. The average molecular weight is 231 g/mol. The molecule has 0 saturated carbocycles. The zero-order chi connectivity index (χ0) is 11.9. The van der Waals surface area contributed by atoms with Gasteiger partial charge in [-0.15, -0.1) is 0 Å². The molecule has 0 heterocycles. The molecule has 0 aromatic heterocycles. The smallest absolute Gasteiger partial charge is 0.407 e. The molecule has 15 heavy (non-hydrogen) atoms. The maximum atomic E-state index is 11.3. The summed E-state index contributed by atoms with van der Waals surface area (Å²) in [4.78, 5) is 11.3. The molecule has 1 N–H and O–H groups in total. The molecule has 4 heteroatoms. The van der Waals surface area contributed by atoms with Crippen molar-refractivity contribution in [3.8, 4) is 0 Å². The Morgan fingerprint density at radius 1 is 1.27 bits per heavy atom. The van der Waals surface area contributed by atoms with Crippen molar-refractivity contribution < 1.29 is 9.53 Å². The quantitative estimate of drug-likeness (QED) is 0.713. The lowest BCUT2D eigenvalue weighted by Crippen LogP contribution is -2.35. The molecule has 0 radical (unpaired) electrons. The van der Waals surface area contributed by atoms with E-state index in [4.69, 9.17) is 4.74 Å². The van der Waals surface area contributed by atoms with Crippen LogP contribution in [0.15, 0.2) is 0 Å². The summed E-state index contributed by atoms with van der Waals surface area (Å²) in [6, 6.07) is 1.29. The van der Waals surface area contributed by atoms with Gasteiger partial charge in [-0.05, 0) is 18.9 Å². The number of ether oxygens (including phenoxy) is 1. The first-order valence-electron chi connectivity index (χ1n) is 5.82. The number of carbonyl (C=O) groups is 1. The van der Waals surface area contributed by atoms with Gasteiger partial charge in [0.05, 0.1) is 6.61 Å². The van der Waals surface area contributed by atoms with Crippen LogP contribution in [0.3, 0.4) is 0 Å². The first kappa shape index (κ1) is 14.5. The Morgan fingerprint density at radius 3 is 2.20 bits per heavy atom. The minimum Gasteiger partial charge on any atom is -0.450 e. The van der Waals surface area contributed by atoms with Crippen LogP contribution in [0, 0.1) is 0 Å². The van der Waals surface area contributed by atoms with Crippen LogP contribution >= 0.6 is 0 Å². The Kier molecular flexibility index (Phi) is 6.64. The van der Waals surface area contributed by atoms with E-state index in [2.05, 4.69) is 38.8 Å². The number of rotatable bonds is 6. The van der Waals surface area contributed by atoms with Crippen molar-refractivity contribution in [1.29, 1.82) is 0 Å². The topological polar surface area (TPSA) is 38.3 Å². The molecule has 3 nitrogen and oxygen atoms in total. The predicted molar refractivity (Wildman–Crippen MR) is 67.0 cm³/mol. The third-order valence-corrected chi connectivity index (χ3v) is 4.10. The fraction of sp³-hybridized carbons (Fsp3) is 0.909. The van der Waals surface area contributed by atoms with Crippen LogP contribution < -0.4 is 5.32 Å². The number of hydrogen-bond acceptors (Lipinski definition) is 2. The van der Waals surface area contributed by atoms with Gasteiger partial charge in [0.25, 0.3) is 0 Å². The summed E-state index contributed by atoms with van der Waals surface area (Å²) < 4.78 is 5.14. The molecule has 0 spiro atoms. The molecule has 90 valence electrons. The van der Waals surface area contributed by atoms with E-state index in [1.165, 1.54) is 0 Å². The zero-order valence-corrected chi connectivity index (χ0v) is 11.7. The van der Waals surface area contributed by atoms with E-state index < -0.39 is 8.07 Å². The lowest BCUT2D eigenvalue weighted by atomic mass is 10.2. The number of hydrogen-bond donors (Lipinski definition) is 1. The molecule has 0 bridgehead atoms. The van der Waals surface area contributed by atoms with Crippen LogP contribution in [0.25, 0.3) is 0 Å². The molecule has 0 atom stereocenters. The molecular formula is C11H25NO2Si. The van der Waals surface area contributed by atoms with Crippen molar-refractivity contribution in [2.75, 3.05) is 6.61 Å². The van der Waals surface area contributed by atoms with Crippen LogP contribution in [0.4, 0.5) is 4.79 Å². The summed E-state index contributed by atoms with van der Waals surface area (Å²) in [7, 11) is -1.09.